The molecule has 0 atom stereocenters. The third-order valence-corrected chi connectivity index (χ3v) is 2.67. The maximum absolute atomic E-state index is 12.0. The van der Waals surface area contributed by atoms with Crippen molar-refractivity contribution in [3.05, 3.63) is 59.3 Å². The zero-order valence-electron chi connectivity index (χ0n) is 10.2. The number of nitrogens with one attached hydrogen (secondary N) is 1. The van der Waals surface area contributed by atoms with Crippen molar-refractivity contribution in [1.82, 2.24) is 4.98 Å². The van der Waals surface area contributed by atoms with E-state index in [4.69, 9.17) is 5.73 Å². The Balaban J connectivity index is 2.19. The zero-order chi connectivity index (χ0) is 13.0. The van der Waals surface area contributed by atoms with Gasteiger partial charge in [-0.05, 0) is 36.2 Å². The summed E-state index contributed by atoms with van der Waals surface area (Å²) in [5, 5.41) is 2.79. The molecule has 3 N–H and O–H groups in total. The second kappa shape index (κ2) is 5.42. The minimum absolute atomic E-state index is 0.174. The van der Waals surface area contributed by atoms with E-state index in [1.807, 2.05) is 31.2 Å². The van der Waals surface area contributed by atoms with Gasteiger partial charge in [0.2, 0.25) is 0 Å². The Morgan fingerprint density at radius 3 is 2.89 bits per heavy atom. The number of rotatable bonds is 3. The SMILES string of the molecule is Cc1cccnc1NC(=O)c1cccc(CN)c1. The number of aromatic nitrogens is 1. The number of aryl methyl sites for hydroxylation is 1. The molecule has 0 saturated carbocycles. The second-order valence-electron chi connectivity index (χ2n) is 4.03. The predicted molar refractivity (Wildman–Crippen MR) is 71.3 cm³/mol. The van der Waals surface area contributed by atoms with Crippen molar-refractivity contribution >= 4 is 11.7 Å². The molecule has 4 nitrogen and oxygen atoms in total. The number of nitrogens with zero attached hydrogens (tertiary/aromatic N) is 1. The highest BCUT2D eigenvalue weighted by Crippen LogP contribution is 2.12. The largest absolute Gasteiger partial charge is 0.326 e. The van der Waals surface area contributed by atoms with Crippen LogP contribution in [0.1, 0.15) is 21.5 Å². The summed E-state index contributed by atoms with van der Waals surface area (Å²) in [7, 11) is 0. The van der Waals surface area contributed by atoms with Gasteiger partial charge in [0.15, 0.2) is 0 Å². The number of carbonyl (C=O) groups excluding carboxylic acids is 1. The van der Waals surface area contributed by atoms with Crippen LogP contribution in [0.2, 0.25) is 0 Å². The molecule has 0 bridgehead atoms. The molecule has 0 radical (unpaired) electrons. The van der Waals surface area contributed by atoms with Crippen molar-refractivity contribution in [2.24, 2.45) is 5.73 Å². The predicted octanol–water partition coefficient (Wildman–Crippen LogP) is 2.10. The maximum Gasteiger partial charge on any atom is 0.256 e. The molecule has 0 spiro atoms. The Hall–Kier alpha value is -2.20. The molecular formula is C14H15N3O. The van der Waals surface area contributed by atoms with Crippen LogP contribution in [0.15, 0.2) is 42.6 Å². The lowest BCUT2D eigenvalue weighted by Gasteiger charge is -2.07. The monoisotopic (exact) mass is 241 g/mol. The van der Waals surface area contributed by atoms with E-state index in [1.54, 1.807) is 18.3 Å². The van der Waals surface area contributed by atoms with Gasteiger partial charge in [-0.1, -0.05) is 18.2 Å². The van der Waals surface area contributed by atoms with Crippen molar-refractivity contribution in [1.29, 1.82) is 0 Å². The molecule has 0 aliphatic heterocycles. The van der Waals surface area contributed by atoms with Crippen LogP contribution in [0, 0.1) is 6.92 Å². The highest BCUT2D eigenvalue weighted by Gasteiger charge is 2.08. The van der Waals surface area contributed by atoms with Crippen LogP contribution in [-0.2, 0) is 6.54 Å². The fraction of sp³-hybridized carbons (Fsp3) is 0.143. The van der Waals surface area contributed by atoms with Crippen molar-refractivity contribution in [2.45, 2.75) is 13.5 Å². The molecule has 92 valence electrons. The smallest absolute Gasteiger partial charge is 0.256 e. The van der Waals surface area contributed by atoms with Gasteiger partial charge in [-0.15, -0.1) is 0 Å². The Bertz CT molecular complexity index is 566. The molecule has 0 unspecified atom stereocenters. The number of carbonyl (C=O) groups is 1. The van der Waals surface area contributed by atoms with Crippen LogP contribution >= 0.6 is 0 Å². The number of nitrogens with two attached hydrogens (primary N) is 1. The lowest BCUT2D eigenvalue weighted by molar-refractivity contribution is 0.102. The Morgan fingerprint density at radius 2 is 2.17 bits per heavy atom. The molecule has 1 aromatic carbocycles. The average Bonchev–Trinajstić information content (AvgIpc) is 2.41. The van der Waals surface area contributed by atoms with Crippen molar-refractivity contribution < 1.29 is 4.79 Å². The van der Waals surface area contributed by atoms with E-state index < -0.39 is 0 Å². The first-order valence-corrected chi connectivity index (χ1v) is 5.72. The fourth-order valence-corrected chi connectivity index (χ4v) is 1.64. The van der Waals surface area contributed by atoms with Crippen LogP contribution < -0.4 is 11.1 Å². The van der Waals surface area contributed by atoms with Crippen molar-refractivity contribution in [3.63, 3.8) is 0 Å². The molecule has 4 heteroatoms. The standard InChI is InChI=1S/C14H15N3O/c1-10-4-3-7-16-13(10)17-14(18)12-6-2-5-11(8-12)9-15/h2-8H,9,15H2,1H3,(H,16,17,18). The number of anilines is 1. The van der Waals surface area contributed by atoms with E-state index in [0.717, 1.165) is 11.1 Å². The van der Waals surface area contributed by atoms with Crippen LogP contribution in [0.25, 0.3) is 0 Å². The first-order valence-electron chi connectivity index (χ1n) is 5.72. The third-order valence-electron chi connectivity index (χ3n) is 2.67. The quantitative estimate of drug-likeness (QED) is 0.864. The van der Waals surface area contributed by atoms with Gasteiger partial charge in [0.25, 0.3) is 5.91 Å². The average molecular weight is 241 g/mol. The lowest BCUT2D eigenvalue weighted by atomic mass is 10.1. The van der Waals surface area contributed by atoms with Crippen LogP contribution in [-0.4, -0.2) is 10.9 Å². The summed E-state index contributed by atoms with van der Waals surface area (Å²) in [6, 6.07) is 11.0. The second-order valence-corrected chi connectivity index (χ2v) is 4.03. The topological polar surface area (TPSA) is 68.0 Å². The van der Waals surface area contributed by atoms with Crippen LogP contribution in [0.5, 0.6) is 0 Å². The van der Waals surface area contributed by atoms with Gasteiger partial charge in [0.05, 0.1) is 0 Å². The number of hydrogen-bond acceptors (Lipinski definition) is 3. The summed E-state index contributed by atoms with van der Waals surface area (Å²) >= 11 is 0. The highest BCUT2D eigenvalue weighted by atomic mass is 16.1. The normalized spacial score (nSPS) is 10.1. The number of benzene rings is 1. The van der Waals surface area contributed by atoms with E-state index in [2.05, 4.69) is 10.3 Å². The molecule has 0 fully saturated rings. The van der Waals surface area contributed by atoms with Gasteiger partial charge in [-0.2, -0.15) is 0 Å². The summed E-state index contributed by atoms with van der Waals surface area (Å²) < 4.78 is 0. The molecular weight excluding hydrogens is 226 g/mol. The number of pyridine rings is 1. The van der Waals surface area contributed by atoms with E-state index in [1.165, 1.54) is 0 Å². The summed E-state index contributed by atoms with van der Waals surface area (Å²) in [4.78, 5) is 16.2. The molecule has 2 aromatic rings. The van der Waals surface area contributed by atoms with E-state index in [-0.39, 0.29) is 5.91 Å². The summed E-state index contributed by atoms with van der Waals surface area (Å²) in [5.41, 5.74) is 8.00. The Morgan fingerprint density at radius 1 is 1.33 bits per heavy atom. The van der Waals surface area contributed by atoms with Gasteiger partial charge in [-0.25, -0.2) is 4.98 Å². The fourth-order valence-electron chi connectivity index (χ4n) is 1.64. The van der Waals surface area contributed by atoms with Crippen LogP contribution in [0.4, 0.5) is 5.82 Å². The van der Waals surface area contributed by atoms with Crippen LogP contribution in [0.3, 0.4) is 0 Å². The molecule has 0 saturated heterocycles. The molecule has 18 heavy (non-hydrogen) atoms. The molecule has 2 rings (SSSR count). The zero-order valence-corrected chi connectivity index (χ0v) is 10.2. The molecule has 1 aromatic heterocycles. The minimum atomic E-state index is -0.174. The Labute approximate surface area is 106 Å². The summed E-state index contributed by atoms with van der Waals surface area (Å²) in [5.74, 6) is 0.410. The van der Waals surface area contributed by atoms with Gasteiger partial charge < -0.3 is 11.1 Å². The summed E-state index contributed by atoms with van der Waals surface area (Å²) in [6.07, 6.45) is 1.65. The summed E-state index contributed by atoms with van der Waals surface area (Å²) in [6.45, 7) is 2.32. The first kappa shape index (κ1) is 12.3. The van der Waals surface area contributed by atoms with E-state index in [9.17, 15) is 4.79 Å². The van der Waals surface area contributed by atoms with Gasteiger partial charge in [0.1, 0.15) is 5.82 Å². The minimum Gasteiger partial charge on any atom is -0.326 e. The van der Waals surface area contributed by atoms with Gasteiger partial charge in [0, 0.05) is 18.3 Å². The van der Waals surface area contributed by atoms with Crippen molar-refractivity contribution in [2.75, 3.05) is 5.32 Å². The molecule has 1 heterocycles. The van der Waals surface area contributed by atoms with Crippen molar-refractivity contribution in [3.8, 4) is 0 Å². The van der Waals surface area contributed by atoms with E-state index >= 15 is 0 Å². The molecule has 0 aliphatic carbocycles. The van der Waals surface area contributed by atoms with Gasteiger partial charge >= 0.3 is 0 Å². The lowest BCUT2D eigenvalue weighted by Crippen LogP contribution is -2.14. The Kier molecular flexibility index (Phi) is 3.69. The van der Waals surface area contributed by atoms with E-state index in [0.29, 0.717) is 17.9 Å². The van der Waals surface area contributed by atoms with Gasteiger partial charge in [-0.3, -0.25) is 4.79 Å². The molecule has 1 amide bonds. The highest BCUT2D eigenvalue weighted by molar-refractivity contribution is 6.04. The maximum atomic E-state index is 12.0. The third kappa shape index (κ3) is 2.73. The first-order chi connectivity index (χ1) is 8.70. The molecule has 0 aliphatic rings. The number of hydrogen-bond donors (Lipinski definition) is 2. The number of amides is 1.